The van der Waals surface area contributed by atoms with Crippen molar-refractivity contribution in [2.45, 2.75) is 0 Å². The fraction of sp³-hybridized carbons (Fsp3) is 0. The predicted octanol–water partition coefficient (Wildman–Crippen LogP) is 5.35. The summed E-state index contributed by atoms with van der Waals surface area (Å²) in [5, 5.41) is 0.342. The lowest BCUT2D eigenvalue weighted by Gasteiger charge is -2.07. The van der Waals surface area contributed by atoms with Crippen LogP contribution in [0.25, 0.3) is 11.4 Å². The van der Waals surface area contributed by atoms with Crippen molar-refractivity contribution in [1.29, 1.82) is 0 Å². The summed E-state index contributed by atoms with van der Waals surface area (Å²) in [6, 6.07) is 18.8. The van der Waals surface area contributed by atoms with Crippen LogP contribution in [0.1, 0.15) is 0 Å². The van der Waals surface area contributed by atoms with E-state index in [-0.39, 0.29) is 0 Å². The summed E-state index contributed by atoms with van der Waals surface area (Å²) in [4.78, 5) is 8.62. The average molecular weight is 362 g/mol. The van der Waals surface area contributed by atoms with Gasteiger partial charge in [-0.1, -0.05) is 63.9 Å². The average Bonchev–Trinajstić information content (AvgIpc) is 2.47. The Balaban J connectivity index is 1.95. The Morgan fingerprint density at radius 2 is 1.71 bits per heavy atom. The van der Waals surface area contributed by atoms with Gasteiger partial charge in [-0.3, -0.25) is 0 Å². The van der Waals surface area contributed by atoms with E-state index in [1.807, 2.05) is 54.6 Å². The lowest BCUT2D eigenvalue weighted by molar-refractivity contribution is 0.462. The molecule has 1 heterocycles. The molecule has 0 radical (unpaired) electrons. The molecule has 0 aliphatic rings. The quantitative estimate of drug-likeness (QED) is 0.590. The van der Waals surface area contributed by atoms with Crippen LogP contribution in [0.2, 0.25) is 5.15 Å². The van der Waals surface area contributed by atoms with Crippen molar-refractivity contribution in [1.82, 2.24) is 9.97 Å². The molecule has 5 heteroatoms. The molecule has 104 valence electrons. The molecular formula is C16H10BrClN2O. The molecule has 0 N–H and O–H groups in total. The van der Waals surface area contributed by atoms with E-state index in [2.05, 4.69) is 25.9 Å². The van der Waals surface area contributed by atoms with Crippen LogP contribution in [0.4, 0.5) is 0 Å². The third-order valence-electron chi connectivity index (χ3n) is 2.72. The lowest BCUT2D eigenvalue weighted by Crippen LogP contribution is -1.94. The zero-order chi connectivity index (χ0) is 14.7. The molecule has 0 saturated carbocycles. The summed E-state index contributed by atoms with van der Waals surface area (Å²) in [7, 11) is 0. The first-order valence-electron chi connectivity index (χ1n) is 6.24. The van der Waals surface area contributed by atoms with Gasteiger partial charge in [0.25, 0.3) is 0 Å². The van der Waals surface area contributed by atoms with E-state index in [0.29, 0.717) is 22.6 Å². The van der Waals surface area contributed by atoms with E-state index in [1.54, 1.807) is 6.07 Å². The maximum absolute atomic E-state index is 6.06. The van der Waals surface area contributed by atoms with E-state index >= 15 is 0 Å². The number of hydrogen-bond acceptors (Lipinski definition) is 3. The minimum Gasteiger partial charge on any atom is -0.439 e. The van der Waals surface area contributed by atoms with Gasteiger partial charge in [0.05, 0.1) is 0 Å². The second-order valence-corrected chi connectivity index (χ2v) is 5.58. The van der Waals surface area contributed by atoms with Gasteiger partial charge >= 0.3 is 0 Å². The third kappa shape index (κ3) is 3.60. The Bertz CT molecular complexity index is 765. The minimum atomic E-state index is 0.342. The first-order chi connectivity index (χ1) is 10.2. The molecule has 1 aromatic heterocycles. The van der Waals surface area contributed by atoms with E-state index in [9.17, 15) is 0 Å². The van der Waals surface area contributed by atoms with Crippen LogP contribution >= 0.6 is 27.5 Å². The predicted molar refractivity (Wildman–Crippen MR) is 86.7 cm³/mol. The number of benzene rings is 2. The highest BCUT2D eigenvalue weighted by atomic mass is 79.9. The van der Waals surface area contributed by atoms with Crippen molar-refractivity contribution >= 4 is 27.5 Å². The van der Waals surface area contributed by atoms with Crippen molar-refractivity contribution in [2.24, 2.45) is 0 Å². The van der Waals surface area contributed by atoms with E-state index in [4.69, 9.17) is 16.3 Å². The molecular weight excluding hydrogens is 352 g/mol. The van der Waals surface area contributed by atoms with Crippen LogP contribution in [-0.2, 0) is 0 Å². The molecule has 3 rings (SSSR count). The number of rotatable bonds is 3. The van der Waals surface area contributed by atoms with Gasteiger partial charge in [0.2, 0.25) is 5.88 Å². The Kier molecular flexibility index (Phi) is 4.18. The summed E-state index contributed by atoms with van der Waals surface area (Å²) < 4.78 is 6.67. The minimum absolute atomic E-state index is 0.342. The number of nitrogens with zero attached hydrogens (tertiary/aromatic N) is 2. The van der Waals surface area contributed by atoms with E-state index < -0.39 is 0 Å². The normalized spacial score (nSPS) is 10.4. The Hall–Kier alpha value is -1.91. The molecule has 0 aliphatic heterocycles. The fourth-order valence-corrected chi connectivity index (χ4v) is 2.37. The summed E-state index contributed by atoms with van der Waals surface area (Å²) in [6.45, 7) is 0. The first kappa shape index (κ1) is 14.0. The highest BCUT2D eigenvalue weighted by molar-refractivity contribution is 9.10. The molecule has 21 heavy (non-hydrogen) atoms. The molecule has 0 fully saturated rings. The molecule has 0 atom stereocenters. The van der Waals surface area contributed by atoms with Crippen LogP contribution in [0, 0.1) is 0 Å². The third-order valence-corrected chi connectivity index (χ3v) is 3.41. The molecule has 3 aromatic rings. The number of hydrogen-bond donors (Lipinski definition) is 0. The van der Waals surface area contributed by atoms with Crippen molar-refractivity contribution in [3.8, 4) is 23.0 Å². The molecule has 0 unspecified atom stereocenters. The van der Waals surface area contributed by atoms with Gasteiger partial charge in [-0.25, -0.2) is 4.98 Å². The SMILES string of the molecule is Clc1cc(Oc2cccc(Br)c2)nc(-c2ccccc2)n1. The van der Waals surface area contributed by atoms with Gasteiger partial charge in [-0.2, -0.15) is 4.98 Å². The molecule has 0 bridgehead atoms. The molecule has 3 nitrogen and oxygen atoms in total. The first-order valence-corrected chi connectivity index (χ1v) is 7.41. The van der Waals surface area contributed by atoms with Crippen molar-refractivity contribution in [3.63, 3.8) is 0 Å². The highest BCUT2D eigenvalue weighted by Gasteiger charge is 2.07. The Labute approximate surface area is 135 Å². The number of ether oxygens (including phenoxy) is 1. The molecule has 0 aliphatic carbocycles. The van der Waals surface area contributed by atoms with Gasteiger partial charge in [0.1, 0.15) is 10.9 Å². The zero-order valence-corrected chi connectivity index (χ0v) is 13.2. The van der Waals surface area contributed by atoms with Crippen molar-refractivity contribution in [2.75, 3.05) is 0 Å². The van der Waals surface area contributed by atoms with Crippen LogP contribution in [-0.4, -0.2) is 9.97 Å². The summed E-state index contributed by atoms with van der Waals surface area (Å²) in [5.41, 5.74) is 0.888. The van der Waals surface area contributed by atoms with Crippen LogP contribution in [0.15, 0.2) is 65.1 Å². The molecule has 0 saturated heterocycles. The zero-order valence-electron chi connectivity index (χ0n) is 10.8. The molecule has 2 aromatic carbocycles. The largest absolute Gasteiger partial charge is 0.439 e. The van der Waals surface area contributed by atoms with Crippen LogP contribution in [0.5, 0.6) is 11.6 Å². The summed E-state index contributed by atoms with van der Waals surface area (Å²) >= 11 is 9.46. The van der Waals surface area contributed by atoms with Crippen molar-refractivity contribution < 1.29 is 4.74 Å². The lowest BCUT2D eigenvalue weighted by atomic mass is 10.2. The van der Waals surface area contributed by atoms with Gasteiger partial charge < -0.3 is 4.74 Å². The van der Waals surface area contributed by atoms with Gasteiger partial charge in [0, 0.05) is 16.1 Å². The van der Waals surface area contributed by atoms with Gasteiger partial charge in [-0.15, -0.1) is 0 Å². The van der Waals surface area contributed by atoms with Crippen LogP contribution in [0.3, 0.4) is 0 Å². The molecule has 0 spiro atoms. The van der Waals surface area contributed by atoms with E-state index in [0.717, 1.165) is 10.0 Å². The topological polar surface area (TPSA) is 35.0 Å². The van der Waals surface area contributed by atoms with E-state index in [1.165, 1.54) is 0 Å². The van der Waals surface area contributed by atoms with Crippen molar-refractivity contribution in [3.05, 3.63) is 70.3 Å². The standard InChI is InChI=1S/C16H10BrClN2O/c17-12-7-4-8-13(9-12)21-15-10-14(18)19-16(20-15)11-5-2-1-3-6-11/h1-10H. The Morgan fingerprint density at radius 3 is 2.48 bits per heavy atom. The van der Waals surface area contributed by atoms with Gasteiger partial charge in [-0.05, 0) is 18.2 Å². The second-order valence-electron chi connectivity index (χ2n) is 4.28. The summed E-state index contributed by atoms with van der Waals surface area (Å²) in [5.74, 6) is 1.62. The molecule has 0 amide bonds. The highest BCUT2D eigenvalue weighted by Crippen LogP contribution is 2.26. The monoisotopic (exact) mass is 360 g/mol. The number of aromatic nitrogens is 2. The summed E-state index contributed by atoms with van der Waals surface area (Å²) in [6.07, 6.45) is 0. The smallest absolute Gasteiger partial charge is 0.224 e. The fourth-order valence-electron chi connectivity index (χ4n) is 1.82. The number of halogens is 2. The van der Waals surface area contributed by atoms with Gasteiger partial charge in [0.15, 0.2) is 5.82 Å². The second kappa shape index (κ2) is 6.24. The maximum Gasteiger partial charge on any atom is 0.224 e. The maximum atomic E-state index is 6.06. The Morgan fingerprint density at radius 1 is 0.905 bits per heavy atom. The van der Waals surface area contributed by atoms with Crippen LogP contribution < -0.4 is 4.74 Å².